The van der Waals surface area contributed by atoms with E-state index < -0.39 is 42.2 Å². The summed E-state index contributed by atoms with van der Waals surface area (Å²) in [6.45, 7) is 10.7. The van der Waals surface area contributed by atoms with Gasteiger partial charge in [-0.05, 0) is 24.8 Å². The molecule has 36 heavy (non-hydrogen) atoms. The summed E-state index contributed by atoms with van der Waals surface area (Å²) < 4.78 is 17.4. The number of hydrogen-bond donors (Lipinski definition) is 2. The van der Waals surface area contributed by atoms with Crippen LogP contribution in [0.3, 0.4) is 0 Å². The number of thioether (sulfide) groups is 1. The normalized spacial score (nSPS) is 28.1. The average Bonchev–Trinajstić information content (AvgIpc) is 2.97. The van der Waals surface area contributed by atoms with E-state index in [9.17, 15) is 14.7 Å². The van der Waals surface area contributed by atoms with Gasteiger partial charge in [0.25, 0.3) is 5.91 Å². The van der Waals surface area contributed by atoms with Crippen LogP contribution < -0.4 is 5.32 Å². The Balaban J connectivity index is 1.73. The molecule has 2 fully saturated rings. The Morgan fingerprint density at radius 2 is 2.00 bits per heavy atom. The van der Waals surface area contributed by atoms with E-state index in [1.165, 1.54) is 7.11 Å². The summed E-state index contributed by atoms with van der Waals surface area (Å²) in [5.74, 6) is -0.429. The van der Waals surface area contributed by atoms with Crippen molar-refractivity contribution in [2.45, 2.75) is 77.4 Å². The molecular formula is C27H40N2O6S. The van der Waals surface area contributed by atoms with Crippen LogP contribution in [0.15, 0.2) is 42.5 Å². The lowest BCUT2D eigenvalue weighted by Gasteiger charge is -2.45. The van der Waals surface area contributed by atoms with E-state index in [0.717, 1.165) is 11.3 Å². The summed E-state index contributed by atoms with van der Waals surface area (Å²) >= 11 is 1.62. The zero-order valence-electron chi connectivity index (χ0n) is 22.1. The highest BCUT2D eigenvalue weighted by Crippen LogP contribution is 2.31. The van der Waals surface area contributed by atoms with Crippen LogP contribution in [-0.2, 0) is 30.3 Å². The monoisotopic (exact) mass is 520 g/mol. The summed E-state index contributed by atoms with van der Waals surface area (Å²) in [5, 5.41) is 13.9. The van der Waals surface area contributed by atoms with Crippen LogP contribution in [0, 0.1) is 5.41 Å². The van der Waals surface area contributed by atoms with Gasteiger partial charge in [0.15, 0.2) is 11.9 Å². The van der Waals surface area contributed by atoms with Crippen LogP contribution in [0.2, 0.25) is 0 Å². The van der Waals surface area contributed by atoms with E-state index in [4.69, 9.17) is 14.2 Å². The number of hydrogen-bond acceptors (Lipinski definition) is 7. The maximum Gasteiger partial charge on any atom is 0.252 e. The van der Waals surface area contributed by atoms with Gasteiger partial charge in [-0.15, -0.1) is 0 Å². The van der Waals surface area contributed by atoms with Crippen molar-refractivity contribution in [2.24, 2.45) is 5.41 Å². The summed E-state index contributed by atoms with van der Waals surface area (Å²) in [4.78, 5) is 28.5. The molecule has 1 unspecified atom stereocenters. The van der Waals surface area contributed by atoms with Crippen LogP contribution >= 0.6 is 11.8 Å². The van der Waals surface area contributed by atoms with E-state index in [0.29, 0.717) is 18.8 Å². The molecule has 5 atom stereocenters. The number of allylic oxidation sites excluding steroid dienone is 1. The Hall–Kier alpha value is -1.91. The molecule has 9 heteroatoms. The highest BCUT2D eigenvalue weighted by atomic mass is 32.2. The number of nitrogens with zero attached hydrogens (tertiary/aromatic N) is 1. The molecule has 0 saturated carbocycles. The molecule has 0 aromatic heterocycles. The van der Waals surface area contributed by atoms with E-state index >= 15 is 0 Å². The zero-order chi connectivity index (χ0) is 26.5. The molecule has 0 radical (unpaired) electrons. The molecule has 2 N–H and O–H groups in total. The predicted octanol–water partition coefficient (Wildman–Crippen LogP) is 2.75. The Morgan fingerprint density at radius 1 is 1.31 bits per heavy atom. The van der Waals surface area contributed by atoms with Gasteiger partial charge in [-0.1, -0.05) is 63.3 Å². The topological polar surface area (TPSA) is 97.3 Å². The minimum absolute atomic E-state index is 0.109. The lowest BCUT2D eigenvalue weighted by Crippen LogP contribution is -2.62. The molecule has 2 aliphatic heterocycles. The number of methoxy groups -OCH3 is 1. The van der Waals surface area contributed by atoms with Crippen LogP contribution in [0.5, 0.6) is 0 Å². The number of nitrogens with one attached hydrogen (secondary N) is 1. The molecule has 2 aliphatic rings. The van der Waals surface area contributed by atoms with Crippen LogP contribution in [0.1, 0.15) is 40.2 Å². The van der Waals surface area contributed by atoms with Crippen molar-refractivity contribution in [1.82, 2.24) is 10.2 Å². The molecule has 0 spiro atoms. The van der Waals surface area contributed by atoms with Crippen molar-refractivity contribution in [2.75, 3.05) is 25.2 Å². The zero-order valence-corrected chi connectivity index (χ0v) is 22.9. The van der Waals surface area contributed by atoms with Gasteiger partial charge in [0.05, 0.1) is 0 Å². The predicted molar refractivity (Wildman–Crippen MR) is 140 cm³/mol. The van der Waals surface area contributed by atoms with Crippen molar-refractivity contribution < 1.29 is 28.9 Å². The standard InChI is InChI=1S/C27H40N2O6S/c1-26(2,3)13-12-20-21(30)22(35-27(4,5)34-20)23(33-6)24(31)28-19-17-36-15-14-29(25(19)32)16-18-10-8-7-9-11-18/h7-13,19-23,30H,14-17H2,1-6H3,(H,28,31)/b13-12+/t19?,20-,21+,22-,23-/m1/s1. The van der Waals surface area contributed by atoms with Crippen molar-refractivity contribution in [3.8, 4) is 0 Å². The second kappa shape index (κ2) is 12.1. The molecule has 200 valence electrons. The van der Waals surface area contributed by atoms with Crippen LogP contribution in [-0.4, -0.2) is 83.2 Å². The largest absolute Gasteiger partial charge is 0.387 e. The molecule has 2 saturated heterocycles. The number of aliphatic hydroxyl groups is 1. The van der Waals surface area contributed by atoms with E-state index in [2.05, 4.69) is 5.32 Å². The summed E-state index contributed by atoms with van der Waals surface area (Å²) in [5.41, 5.74) is 0.926. The quantitative estimate of drug-likeness (QED) is 0.534. The fraction of sp³-hybridized carbons (Fsp3) is 0.630. The van der Waals surface area contributed by atoms with Gasteiger partial charge in [-0.3, -0.25) is 9.59 Å². The Bertz CT molecular complexity index is 917. The first kappa shape index (κ1) is 28.7. The number of carbonyl (C=O) groups is 2. The summed E-state index contributed by atoms with van der Waals surface area (Å²) in [7, 11) is 1.40. The number of benzene rings is 1. The average molecular weight is 521 g/mol. The SMILES string of the molecule is CO[C@@H](C(=O)NC1CSCCN(Cc2ccccc2)C1=O)[C@@H]1OC(C)(C)O[C@H](/C=C/C(C)(C)C)[C@@H]1O. The lowest BCUT2D eigenvalue weighted by molar-refractivity contribution is -0.334. The van der Waals surface area contributed by atoms with Crippen molar-refractivity contribution in [1.29, 1.82) is 0 Å². The smallest absolute Gasteiger partial charge is 0.252 e. The second-order valence-electron chi connectivity index (χ2n) is 10.8. The number of amides is 2. The summed E-state index contributed by atoms with van der Waals surface area (Å²) in [6, 6.07) is 9.09. The third-order valence-electron chi connectivity index (χ3n) is 6.04. The third-order valence-corrected chi connectivity index (χ3v) is 7.08. The third kappa shape index (κ3) is 7.79. The molecular weight excluding hydrogens is 480 g/mol. The highest BCUT2D eigenvalue weighted by Gasteiger charge is 2.48. The first-order valence-electron chi connectivity index (χ1n) is 12.4. The number of ether oxygens (including phenoxy) is 3. The van der Waals surface area contributed by atoms with Crippen LogP contribution in [0.4, 0.5) is 0 Å². The molecule has 2 heterocycles. The lowest BCUT2D eigenvalue weighted by atomic mass is 9.93. The van der Waals surface area contributed by atoms with E-state index in [1.807, 2.05) is 57.2 Å². The molecule has 2 amide bonds. The minimum Gasteiger partial charge on any atom is -0.387 e. The highest BCUT2D eigenvalue weighted by molar-refractivity contribution is 7.99. The van der Waals surface area contributed by atoms with Crippen molar-refractivity contribution >= 4 is 23.6 Å². The molecule has 0 bridgehead atoms. The van der Waals surface area contributed by atoms with Crippen molar-refractivity contribution in [3.63, 3.8) is 0 Å². The molecule has 1 aromatic rings. The number of rotatable bonds is 7. The van der Waals surface area contributed by atoms with Gasteiger partial charge < -0.3 is 29.5 Å². The Labute approximate surface area is 218 Å². The van der Waals surface area contributed by atoms with E-state index in [-0.39, 0.29) is 11.3 Å². The van der Waals surface area contributed by atoms with Gasteiger partial charge in [0, 0.05) is 31.7 Å². The maximum atomic E-state index is 13.4. The maximum absolute atomic E-state index is 13.4. The van der Waals surface area contributed by atoms with Crippen molar-refractivity contribution in [3.05, 3.63) is 48.0 Å². The molecule has 8 nitrogen and oxygen atoms in total. The first-order valence-corrected chi connectivity index (χ1v) is 13.5. The van der Waals surface area contributed by atoms with Crippen LogP contribution in [0.25, 0.3) is 0 Å². The Morgan fingerprint density at radius 3 is 2.64 bits per heavy atom. The fourth-order valence-corrected chi connectivity index (χ4v) is 5.25. The Kier molecular flexibility index (Phi) is 9.62. The molecule has 1 aromatic carbocycles. The van der Waals surface area contributed by atoms with Gasteiger partial charge in [-0.2, -0.15) is 11.8 Å². The molecule has 3 rings (SSSR count). The summed E-state index contributed by atoms with van der Waals surface area (Å²) in [6.07, 6.45) is -0.163. The minimum atomic E-state index is -1.14. The number of aliphatic hydroxyl groups excluding tert-OH is 1. The van der Waals surface area contributed by atoms with E-state index in [1.54, 1.807) is 36.6 Å². The second-order valence-corrected chi connectivity index (χ2v) is 12.0. The van der Waals surface area contributed by atoms with Gasteiger partial charge in [0.2, 0.25) is 5.91 Å². The molecule has 0 aliphatic carbocycles. The fourth-order valence-electron chi connectivity index (χ4n) is 4.27. The number of carbonyl (C=O) groups excluding carboxylic acids is 2. The first-order chi connectivity index (χ1) is 16.9. The van der Waals surface area contributed by atoms with Gasteiger partial charge >= 0.3 is 0 Å². The van der Waals surface area contributed by atoms with Gasteiger partial charge in [0.1, 0.15) is 24.4 Å². The van der Waals surface area contributed by atoms with Gasteiger partial charge in [-0.25, -0.2) is 0 Å².